The summed E-state index contributed by atoms with van der Waals surface area (Å²) in [6.45, 7) is 6.81. The third-order valence-electron chi connectivity index (χ3n) is 5.85. The Morgan fingerprint density at radius 2 is 2.00 bits per heavy atom. The van der Waals surface area contributed by atoms with Crippen molar-refractivity contribution in [3.63, 3.8) is 0 Å². The third-order valence-corrected chi connectivity index (χ3v) is 5.85. The second kappa shape index (κ2) is 8.19. The summed E-state index contributed by atoms with van der Waals surface area (Å²) in [7, 11) is 0. The molecule has 0 spiro atoms. The van der Waals surface area contributed by atoms with E-state index in [4.69, 9.17) is 4.74 Å². The van der Waals surface area contributed by atoms with E-state index in [1.165, 1.54) is 24.9 Å². The number of aromatic nitrogens is 1. The molecule has 1 unspecified atom stereocenters. The standard InChI is InChI=1S/C24H28N2O2/c1-17-7-6-13-26(17)14-12-19-10-11-22-21(15-19)23(18(2)25-22)24(27)28-16-20-8-4-3-5-9-20/h3-5,8-11,15,17,25H,6-7,12-14,16H2,1-2H3. The van der Waals surface area contributed by atoms with E-state index in [0.29, 0.717) is 18.2 Å². The Labute approximate surface area is 166 Å². The van der Waals surface area contributed by atoms with Crippen molar-refractivity contribution in [1.29, 1.82) is 0 Å². The third kappa shape index (κ3) is 3.97. The molecule has 3 aromatic rings. The summed E-state index contributed by atoms with van der Waals surface area (Å²) < 4.78 is 5.59. The summed E-state index contributed by atoms with van der Waals surface area (Å²) in [5.74, 6) is -0.266. The molecule has 1 saturated heterocycles. The molecule has 0 bridgehead atoms. The highest BCUT2D eigenvalue weighted by Crippen LogP contribution is 2.25. The second-order valence-electron chi connectivity index (χ2n) is 7.84. The van der Waals surface area contributed by atoms with E-state index in [1.54, 1.807) is 0 Å². The molecule has 0 amide bonds. The van der Waals surface area contributed by atoms with Gasteiger partial charge in [0.15, 0.2) is 0 Å². The van der Waals surface area contributed by atoms with Crippen LogP contribution in [0, 0.1) is 6.92 Å². The van der Waals surface area contributed by atoms with Crippen LogP contribution in [-0.4, -0.2) is 35.0 Å². The minimum absolute atomic E-state index is 0.266. The van der Waals surface area contributed by atoms with Crippen molar-refractivity contribution in [2.75, 3.05) is 13.1 Å². The number of carbonyl (C=O) groups is 1. The van der Waals surface area contributed by atoms with Gasteiger partial charge in [0, 0.05) is 29.2 Å². The topological polar surface area (TPSA) is 45.3 Å². The van der Waals surface area contributed by atoms with E-state index in [-0.39, 0.29) is 5.97 Å². The van der Waals surface area contributed by atoms with Crippen LogP contribution in [0.25, 0.3) is 10.9 Å². The van der Waals surface area contributed by atoms with Gasteiger partial charge < -0.3 is 14.6 Å². The molecule has 0 radical (unpaired) electrons. The average Bonchev–Trinajstić information content (AvgIpc) is 3.26. The van der Waals surface area contributed by atoms with Gasteiger partial charge in [0.1, 0.15) is 6.61 Å². The lowest BCUT2D eigenvalue weighted by Gasteiger charge is -2.20. The first-order chi connectivity index (χ1) is 13.6. The van der Waals surface area contributed by atoms with Gasteiger partial charge >= 0.3 is 5.97 Å². The lowest BCUT2D eigenvalue weighted by molar-refractivity contribution is 0.0474. The molecule has 1 aliphatic heterocycles. The predicted molar refractivity (Wildman–Crippen MR) is 113 cm³/mol. The van der Waals surface area contributed by atoms with Crippen LogP contribution in [0.3, 0.4) is 0 Å². The Morgan fingerprint density at radius 1 is 1.18 bits per heavy atom. The largest absolute Gasteiger partial charge is 0.457 e. The Kier molecular flexibility index (Phi) is 5.49. The number of benzene rings is 2. The van der Waals surface area contributed by atoms with Gasteiger partial charge in [0.05, 0.1) is 5.56 Å². The van der Waals surface area contributed by atoms with E-state index < -0.39 is 0 Å². The zero-order valence-corrected chi connectivity index (χ0v) is 16.7. The fourth-order valence-corrected chi connectivity index (χ4v) is 4.19. The van der Waals surface area contributed by atoms with Gasteiger partial charge in [-0.1, -0.05) is 36.4 Å². The first kappa shape index (κ1) is 18.8. The fourth-order valence-electron chi connectivity index (χ4n) is 4.19. The highest BCUT2D eigenvalue weighted by atomic mass is 16.5. The molecule has 1 aliphatic rings. The number of H-pyrrole nitrogens is 1. The molecule has 2 aromatic carbocycles. The number of likely N-dealkylation sites (tertiary alicyclic amines) is 1. The van der Waals surface area contributed by atoms with Crippen molar-refractivity contribution in [1.82, 2.24) is 9.88 Å². The van der Waals surface area contributed by atoms with Crippen LogP contribution >= 0.6 is 0 Å². The van der Waals surface area contributed by atoms with Gasteiger partial charge in [-0.05, 0) is 62.9 Å². The zero-order valence-electron chi connectivity index (χ0n) is 16.7. The minimum atomic E-state index is -0.266. The maximum Gasteiger partial charge on any atom is 0.340 e. The second-order valence-corrected chi connectivity index (χ2v) is 7.84. The molecule has 4 rings (SSSR count). The molecule has 0 saturated carbocycles. The molecule has 146 valence electrons. The lowest BCUT2D eigenvalue weighted by Crippen LogP contribution is -2.28. The Morgan fingerprint density at radius 3 is 2.75 bits per heavy atom. The molecule has 4 nitrogen and oxygen atoms in total. The average molecular weight is 377 g/mol. The molecular weight excluding hydrogens is 348 g/mol. The minimum Gasteiger partial charge on any atom is -0.457 e. The maximum atomic E-state index is 12.8. The van der Waals surface area contributed by atoms with Crippen LogP contribution in [0.5, 0.6) is 0 Å². The van der Waals surface area contributed by atoms with Gasteiger partial charge in [-0.15, -0.1) is 0 Å². The van der Waals surface area contributed by atoms with E-state index in [0.717, 1.165) is 35.1 Å². The molecule has 4 heteroatoms. The van der Waals surface area contributed by atoms with Crippen LogP contribution in [0.4, 0.5) is 0 Å². The highest BCUT2D eigenvalue weighted by molar-refractivity contribution is 6.05. The zero-order chi connectivity index (χ0) is 19.5. The van der Waals surface area contributed by atoms with Gasteiger partial charge in [-0.3, -0.25) is 0 Å². The number of nitrogens with one attached hydrogen (secondary N) is 1. The Balaban J connectivity index is 1.50. The number of hydrogen-bond acceptors (Lipinski definition) is 3. The molecule has 2 heterocycles. The SMILES string of the molecule is Cc1[nH]c2ccc(CCN3CCCC3C)cc2c1C(=O)OCc1ccccc1. The molecule has 1 atom stereocenters. The van der Waals surface area contributed by atoms with Crippen molar-refractivity contribution < 1.29 is 9.53 Å². The van der Waals surface area contributed by atoms with Crippen molar-refractivity contribution in [3.05, 3.63) is 70.9 Å². The number of nitrogens with zero attached hydrogens (tertiary/aromatic N) is 1. The number of ether oxygens (including phenoxy) is 1. The maximum absolute atomic E-state index is 12.8. The van der Waals surface area contributed by atoms with Gasteiger partial charge in [0.2, 0.25) is 0 Å². The van der Waals surface area contributed by atoms with Gasteiger partial charge in [-0.25, -0.2) is 4.79 Å². The predicted octanol–water partition coefficient (Wildman–Crippen LogP) is 4.86. The van der Waals surface area contributed by atoms with Crippen molar-refractivity contribution in [2.24, 2.45) is 0 Å². The fraction of sp³-hybridized carbons (Fsp3) is 0.375. The molecule has 1 aromatic heterocycles. The number of aryl methyl sites for hydroxylation is 1. The molecule has 28 heavy (non-hydrogen) atoms. The summed E-state index contributed by atoms with van der Waals surface area (Å²) in [6, 6.07) is 16.9. The van der Waals surface area contributed by atoms with Gasteiger partial charge in [0.25, 0.3) is 0 Å². The molecule has 1 N–H and O–H groups in total. The first-order valence-electron chi connectivity index (χ1n) is 10.2. The number of aromatic amines is 1. The monoisotopic (exact) mass is 376 g/mol. The van der Waals surface area contributed by atoms with E-state index >= 15 is 0 Å². The van der Waals surface area contributed by atoms with Gasteiger partial charge in [-0.2, -0.15) is 0 Å². The summed E-state index contributed by atoms with van der Waals surface area (Å²) in [5.41, 5.74) is 4.76. The van der Waals surface area contributed by atoms with Crippen molar-refractivity contribution >= 4 is 16.9 Å². The molecule has 0 aliphatic carbocycles. The Bertz CT molecular complexity index is 961. The van der Waals surface area contributed by atoms with E-state index in [2.05, 4.69) is 35.0 Å². The highest BCUT2D eigenvalue weighted by Gasteiger charge is 2.21. The molecule has 1 fully saturated rings. The lowest BCUT2D eigenvalue weighted by atomic mass is 10.1. The normalized spacial score (nSPS) is 17.3. The number of esters is 1. The summed E-state index contributed by atoms with van der Waals surface area (Å²) >= 11 is 0. The molecular formula is C24H28N2O2. The first-order valence-corrected chi connectivity index (χ1v) is 10.2. The van der Waals surface area contributed by atoms with E-state index in [9.17, 15) is 4.79 Å². The van der Waals surface area contributed by atoms with Crippen LogP contribution in [0.2, 0.25) is 0 Å². The quantitative estimate of drug-likeness (QED) is 0.625. The van der Waals surface area contributed by atoms with Crippen LogP contribution < -0.4 is 0 Å². The number of carbonyl (C=O) groups excluding carboxylic acids is 1. The smallest absolute Gasteiger partial charge is 0.340 e. The summed E-state index contributed by atoms with van der Waals surface area (Å²) in [6.07, 6.45) is 3.60. The van der Waals surface area contributed by atoms with Crippen LogP contribution in [0.1, 0.15) is 46.9 Å². The summed E-state index contributed by atoms with van der Waals surface area (Å²) in [5, 5.41) is 0.961. The number of fused-ring (bicyclic) bond motifs is 1. The van der Waals surface area contributed by atoms with Crippen LogP contribution in [0.15, 0.2) is 48.5 Å². The van der Waals surface area contributed by atoms with Crippen LogP contribution in [-0.2, 0) is 17.8 Å². The summed E-state index contributed by atoms with van der Waals surface area (Å²) in [4.78, 5) is 18.7. The Hall–Kier alpha value is -2.59. The number of rotatable bonds is 6. The number of hydrogen-bond donors (Lipinski definition) is 1. The van der Waals surface area contributed by atoms with Crippen molar-refractivity contribution in [3.8, 4) is 0 Å². The van der Waals surface area contributed by atoms with E-state index in [1.807, 2.05) is 37.3 Å². The van der Waals surface area contributed by atoms with Crippen molar-refractivity contribution in [2.45, 2.75) is 45.8 Å².